The number of thiazole rings is 1. The van der Waals surface area contributed by atoms with E-state index in [1.54, 1.807) is 6.92 Å². The van der Waals surface area contributed by atoms with Crippen LogP contribution in [0.1, 0.15) is 34.4 Å². The minimum absolute atomic E-state index is 0.193. The first-order chi connectivity index (χ1) is 6.65. The molecular weight excluding hydrogens is 202 g/mol. The second-order valence-electron chi connectivity index (χ2n) is 2.87. The van der Waals surface area contributed by atoms with Crippen molar-refractivity contribution in [2.24, 2.45) is 0 Å². The molecule has 1 aromatic rings. The van der Waals surface area contributed by atoms with Gasteiger partial charge in [0.25, 0.3) is 0 Å². The topological polar surface area (TPSA) is 59.4 Å². The van der Waals surface area contributed by atoms with Crippen molar-refractivity contribution in [3.63, 3.8) is 0 Å². The molecule has 0 aliphatic carbocycles. The van der Waals surface area contributed by atoms with Crippen LogP contribution in [-0.4, -0.2) is 22.7 Å². The highest BCUT2D eigenvalue weighted by Crippen LogP contribution is 2.24. The molecule has 0 bridgehead atoms. The van der Waals surface area contributed by atoms with Crippen molar-refractivity contribution in [3.05, 3.63) is 9.88 Å². The molecule has 0 saturated carbocycles. The standard InChI is InChI=1S/C9H13NO3S/c1-3-4-5-13-8-7(9(11)12)14-6(2)10-8/h3-5H2,1-2H3,(H,11,12). The van der Waals surface area contributed by atoms with Gasteiger partial charge >= 0.3 is 5.97 Å². The van der Waals surface area contributed by atoms with Crippen molar-refractivity contribution in [1.82, 2.24) is 4.98 Å². The van der Waals surface area contributed by atoms with Crippen LogP contribution in [0.2, 0.25) is 0 Å². The lowest BCUT2D eigenvalue weighted by atomic mass is 10.4. The van der Waals surface area contributed by atoms with Gasteiger partial charge in [-0.25, -0.2) is 9.78 Å². The summed E-state index contributed by atoms with van der Waals surface area (Å²) >= 11 is 1.14. The second kappa shape index (κ2) is 4.95. The number of carboxylic acid groups (broad SMARTS) is 1. The van der Waals surface area contributed by atoms with E-state index in [4.69, 9.17) is 9.84 Å². The van der Waals surface area contributed by atoms with Crippen molar-refractivity contribution in [3.8, 4) is 5.88 Å². The second-order valence-corrected chi connectivity index (χ2v) is 4.08. The average molecular weight is 215 g/mol. The summed E-state index contributed by atoms with van der Waals surface area (Å²) in [5, 5.41) is 9.54. The largest absolute Gasteiger partial charge is 0.477 e. The van der Waals surface area contributed by atoms with Crippen LogP contribution in [-0.2, 0) is 0 Å². The van der Waals surface area contributed by atoms with Crippen LogP contribution < -0.4 is 4.74 Å². The van der Waals surface area contributed by atoms with Gasteiger partial charge in [0.15, 0.2) is 4.88 Å². The zero-order chi connectivity index (χ0) is 10.6. The van der Waals surface area contributed by atoms with E-state index < -0.39 is 5.97 Å². The number of aromatic nitrogens is 1. The maximum atomic E-state index is 10.8. The van der Waals surface area contributed by atoms with Gasteiger partial charge in [0.05, 0.1) is 11.6 Å². The van der Waals surface area contributed by atoms with Crippen LogP contribution in [0.4, 0.5) is 0 Å². The fourth-order valence-electron chi connectivity index (χ4n) is 0.954. The molecule has 0 fully saturated rings. The Morgan fingerprint density at radius 2 is 2.36 bits per heavy atom. The van der Waals surface area contributed by atoms with Crippen LogP contribution in [0.5, 0.6) is 5.88 Å². The fourth-order valence-corrected chi connectivity index (χ4v) is 1.66. The van der Waals surface area contributed by atoms with Crippen molar-refractivity contribution < 1.29 is 14.6 Å². The van der Waals surface area contributed by atoms with E-state index in [1.165, 1.54) is 0 Å². The summed E-state index contributed by atoms with van der Waals surface area (Å²) in [6.07, 6.45) is 1.93. The zero-order valence-electron chi connectivity index (χ0n) is 8.24. The molecule has 1 aromatic heterocycles. The predicted molar refractivity (Wildman–Crippen MR) is 54.2 cm³/mol. The Morgan fingerprint density at radius 1 is 1.64 bits per heavy atom. The van der Waals surface area contributed by atoms with Gasteiger partial charge in [-0.15, -0.1) is 11.3 Å². The molecule has 0 unspecified atom stereocenters. The molecule has 1 heterocycles. The number of unbranched alkanes of at least 4 members (excludes halogenated alkanes) is 1. The zero-order valence-corrected chi connectivity index (χ0v) is 9.06. The number of rotatable bonds is 5. The SMILES string of the molecule is CCCCOc1nc(C)sc1C(=O)O. The van der Waals surface area contributed by atoms with E-state index in [9.17, 15) is 4.79 Å². The van der Waals surface area contributed by atoms with E-state index >= 15 is 0 Å². The van der Waals surface area contributed by atoms with Crippen molar-refractivity contribution in [2.45, 2.75) is 26.7 Å². The summed E-state index contributed by atoms with van der Waals surface area (Å²) in [5.41, 5.74) is 0. The Labute approximate surface area is 86.6 Å². The van der Waals surface area contributed by atoms with Crippen LogP contribution >= 0.6 is 11.3 Å². The molecule has 0 aromatic carbocycles. The number of nitrogens with zero attached hydrogens (tertiary/aromatic N) is 1. The molecule has 4 nitrogen and oxygen atoms in total. The van der Waals surface area contributed by atoms with Crippen LogP contribution in [0.15, 0.2) is 0 Å². The van der Waals surface area contributed by atoms with Gasteiger partial charge in [0.2, 0.25) is 5.88 Å². The third-order valence-electron chi connectivity index (χ3n) is 1.63. The number of aromatic carboxylic acids is 1. The smallest absolute Gasteiger partial charge is 0.351 e. The summed E-state index contributed by atoms with van der Waals surface area (Å²) in [7, 11) is 0. The lowest BCUT2D eigenvalue weighted by Gasteiger charge is -2.01. The molecular formula is C9H13NO3S. The number of hydrogen-bond acceptors (Lipinski definition) is 4. The lowest BCUT2D eigenvalue weighted by molar-refractivity contribution is 0.0697. The highest BCUT2D eigenvalue weighted by Gasteiger charge is 2.16. The molecule has 0 radical (unpaired) electrons. The minimum Gasteiger partial charge on any atom is -0.477 e. The van der Waals surface area contributed by atoms with Crippen molar-refractivity contribution >= 4 is 17.3 Å². The van der Waals surface area contributed by atoms with Gasteiger partial charge in [0.1, 0.15) is 0 Å². The summed E-state index contributed by atoms with van der Waals surface area (Å²) in [6, 6.07) is 0. The maximum Gasteiger partial charge on any atom is 0.351 e. The van der Waals surface area contributed by atoms with E-state index in [-0.39, 0.29) is 10.8 Å². The Hall–Kier alpha value is -1.10. The molecule has 0 aliphatic rings. The molecule has 0 saturated heterocycles. The molecule has 1 N–H and O–H groups in total. The predicted octanol–water partition coefficient (Wildman–Crippen LogP) is 2.33. The Morgan fingerprint density at radius 3 is 2.93 bits per heavy atom. The van der Waals surface area contributed by atoms with Crippen molar-refractivity contribution in [2.75, 3.05) is 6.61 Å². The van der Waals surface area contributed by atoms with Crippen LogP contribution in [0, 0.1) is 6.92 Å². The Bertz CT molecular complexity index is 322. The summed E-state index contributed by atoms with van der Waals surface area (Å²) in [5.74, 6) is -0.712. The molecule has 78 valence electrons. The molecule has 0 amide bonds. The molecule has 0 aliphatic heterocycles. The van der Waals surface area contributed by atoms with Gasteiger partial charge in [-0.1, -0.05) is 13.3 Å². The number of carbonyl (C=O) groups is 1. The number of ether oxygens (including phenoxy) is 1. The summed E-state index contributed by atoms with van der Waals surface area (Å²) in [4.78, 5) is 15.0. The summed E-state index contributed by atoms with van der Waals surface area (Å²) < 4.78 is 5.28. The molecule has 1 rings (SSSR count). The third kappa shape index (κ3) is 2.70. The minimum atomic E-state index is -0.970. The molecule has 14 heavy (non-hydrogen) atoms. The highest BCUT2D eigenvalue weighted by molar-refractivity contribution is 7.13. The first-order valence-corrected chi connectivity index (χ1v) is 5.30. The first-order valence-electron chi connectivity index (χ1n) is 4.48. The average Bonchev–Trinajstić information content (AvgIpc) is 2.47. The Balaban J connectivity index is 2.69. The number of carboxylic acids is 1. The van der Waals surface area contributed by atoms with Gasteiger partial charge in [-0.3, -0.25) is 0 Å². The lowest BCUT2D eigenvalue weighted by Crippen LogP contribution is -2.02. The highest BCUT2D eigenvalue weighted by atomic mass is 32.1. The maximum absolute atomic E-state index is 10.8. The monoisotopic (exact) mass is 215 g/mol. The molecule has 0 spiro atoms. The van der Waals surface area contributed by atoms with Gasteiger partial charge in [-0.05, 0) is 13.3 Å². The van der Waals surface area contributed by atoms with Gasteiger partial charge in [-0.2, -0.15) is 0 Å². The van der Waals surface area contributed by atoms with E-state index in [2.05, 4.69) is 4.98 Å². The molecule has 5 heteroatoms. The number of hydrogen-bond donors (Lipinski definition) is 1. The quantitative estimate of drug-likeness (QED) is 0.766. The van der Waals surface area contributed by atoms with Gasteiger partial charge in [0, 0.05) is 0 Å². The van der Waals surface area contributed by atoms with E-state index in [0.717, 1.165) is 24.2 Å². The van der Waals surface area contributed by atoms with Crippen molar-refractivity contribution in [1.29, 1.82) is 0 Å². The molecule has 0 atom stereocenters. The Kier molecular flexibility index (Phi) is 3.88. The van der Waals surface area contributed by atoms with E-state index in [0.29, 0.717) is 11.6 Å². The van der Waals surface area contributed by atoms with Gasteiger partial charge < -0.3 is 9.84 Å². The van der Waals surface area contributed by atoms with Crippen LogP contribution in [0.25, 0.3) is 0 Å². The number of aryl methyl sites for hydroxylation is 1. The fraction of sp³-hybridized carbons (Fsp3) is 0.556. The third-order valence-corrected chi connectivity index (χ3v) is 2.57. The van der Waals surface area contributed by atoms with Crippen LogP contribution in [0.3, 0.4) is 0 Å². The van der Waals surface area contributed by atoms with E-state index in [1.807, 2.05) is 6.92 Å². The normalized spacial score (nSPS) is 10.1. The summed E-state index contributed by atoms with van der Waals surface area (Å²) in [6.45, 7) is 4.34. The first kappa shape index (κ1) is 11.0.